The molecule has 0 unspecified atom stereocenters. The lowest BCUT2D eigenvalue weighted by atomic mass is 10.2. The number of nitrogen functional groups attached to an aromatic ring is 1. The number of nitrogens with two attached hydrogens (primary N) is 1. The molecule has 0 aromatic carbocycles. The summed E-state index contributed by atoms with van der Waals surface area (Å²) in [6.45, 7) is 0. The molecule has 0 bridgehead atoms. The number of hydrogen-bond donors (Lipinski definition) is 2. The Balaban J connectivity index is 3.35. The van der Waals surface area contributed by atoms with E-state index >= 15 is 0 Å². The third kappa shape index (κ3) is 2.08. The fourth-order valence-corrected chi connectivity index (χ4v) is 1.33. The minimum atomic E-state index is -2.83. The molecule has 0 spiro atoms. The summed E-state index contributed by atoms with van der Waals surface area (Å²) in [5, 5.41) is 8.63. The zero-order valence-electron chi connectivity index (χ0n) is 6.67. The molecule has 1 rings (SSSR count). The summed E-state index contributed by atoms with van der Waals surface area (Å²) < 4.78 is 24.6. The lowest BCUT2D eigenvalue weighted by Gasteiger charge is -2.05. The van der Waals surface area contributed by atoms with Crippen LogP contribution in [0.2, 0.25) is 0 Å². The Kier molecular flexibility index (Phi) is 3.19. The number of aromatic carboxylic acids is 1. The second-order valence-electron chi connectivity index (χ2n) is 2.40. The van der Waals surface area contributed by atoms with Crippen LogP contribution >= 0.6 is 22.6 Å². The van der Waals surface area contributed by atoms with Gasteiger partial charge in [-0.15, -0.1) is 0 Å². The van der Waals surface area contributed by atoms with E-state index in [0.29, 0.717) is 0 Å². The predicted molar refractivity (Wildman–Crippen MR) is 53.3 cm³/mol. The number of halogens is 3. The van der Waals surface area contributed by atoms with Crippen molar-refractivity contribution in [2.24, 2.45) is 0 Å². The zero-order valence-corrected chi connectivity index (χ0v) is 8.83. The van der Waals surface area contributed by atoms with Gasteiger partial charge in [0, 0.05) is 5.69 Å². The summed E-state index contributed by atoms with van der Waals surface area (Å²) in [6, 6.07) is 0.971. The van der Waals surface area contributed by atoms with E-state index in [9.17, 15) is 13.6 Å². The van der Waals surface area contributed by atoms with Gasteiger partial charge < -0.3 is 10.8 Å². The molecule has 0 aliphatic carbocycles. The summed E-state index contributed by atoms with van der Waals surface area (Å²) in [5.74, 6) is -1.37. The highest BCUT2D eigenvalue weighted by molar-refractivity contribution is 14.1. The van der Waals surface area contributed by atoms with Crippen LogP contribution in [-0.4, -0.2) is 16.1 Å². The highest BCUT2D eigenvalue weighted by Gasteiger charge is 2.18. The molecule has 14 heavy (non-hydrogen) atoms. The largest absolute Gasteiger partial charge is 0.476 e. The van der Waals surface area contributed by atoms with E-state index in [2.05, 4.69) is 4.98 Å². The molecule has 0 radical (unpaired) electrons. The van der Waals surface area contributed by atoms with E-state index in [0.717, 1.165) is 6.07 Å². The first kappa shape index (κ1) is 11.1. The maximum absolute atomic E-state index is 12.2. The third-order valence-electron chi connectivity index (χ3n) is 1.43. The normalized spacial score (nSPS) is 10.6. The summed E-state index contributed by atoms with van der Waals surface area (Å²) in [7, 11) is 0. The molecule has 3 N–H and O–H groups in total. The second-order valence-corrected chi connectivity index (χ2v) is 3.48. The Morgan fingerprint density at radius 1 is 1.64 bits per heavy atom. The number of carboxylic acid groups (broad SMARTS) is 1. The molecular formula is C7H5F2IN2O2. The van der Waals surface area contributed by atoms with Crippen molar-refractivity contribution in [3.63, 3.8) is 0 Å². The molecule has 0 saturated heterocycles. The van der Waals surface area contributed by atoms with E-state index in [4.69, 9.17) is 10.8 Å². The van der Waals surface area contributed by atoms with Gasteiger partial charge in [-0.1, -0.05) is 0 Å². The van der Waals surface area contributed by atoms with Crippen LogP contribution in [0, 0.1) is 3.57 Å². The van der Waals surface area contributed by atoms with Gasteiger partial charge in [0.2, 0.25) is 0 Å². The van der Waals surface area contributed by atoms with Gasteiger partial charge in [0.15, 0.2) is 5.69 Å². The first-order chi connectivity index (χ1) is 6.43. The summed E-state index contributed by atoms with van der Waals surface area (Å²) >= 11 is 1.65. The SMILES string of the molecule is Nc1cc(C(F)F)nc(C(=O)O)c1I. The molecule has 7 heteroatoms. The van der Waals surface area contributed by atoms with Crippen molar-refractivity contribution in [1.82, 2.24) is 4.98 Å². The number of nitrogens with zero attached hydrogens (tertiary/aromatic N) is 1. The number of carboxylic acids is 1. The molecule has 0 aliphatic rings. The molecule has 0 saturated carbocycles. The summed E-state index contributed by atoms with van der Waals surface area (Å²) in [5.41, 5.74) is 4.28. The summed E-state index contributed by atoms with van der Waals surface area (Å²) in [6.07, 6.45) is -2.83. The van der Waals surface area contributed by atoms with Crippen LogP contribution in [0.15, 0.2) is 6.07 Å². The number of alkyl halides is 2. The van der Waals surface area contributed by atoms with E-state index in [1.807, 2.05) is 0 Å². The smallest absolute Gasteiger partial charge is 0.355 e. The highest BCUT2D eigenvalue weighted by Crippen LogP contribution is 2.24. The molecule has 1 aromatic heterocycles. The molecule has 0 amide bonds. The number of anilines is 1. The lowest BCUT2D eigenvalue weighted by molar-refractivity contribution is 0.0687. The molecule has 76 valence electrons. The first-order valence-electron chi connectivity index (χ1n) is 3.41. The average Bonchev–Trinajstić information content (AvgIpc) is 2.08. The highest BCUT2D eigenvalue weighted by atomic mass is 127. The Labute approximate surface area is 91.3 Å². The number of rotatable bonds is 2. The van der Waals surface area contributed by atoms with Crippen molar-refractivity contribution in [2.45, 2.75) is 6.43 Å². The summed E-state index contributed by atoms with van der Waals surface area (Å²) in [4.78, 5) is 13.9. The third-order valence-corrected chi connectivity index (χ3v) is 2.57. The van der Waals surface area contributed by atoms with Crippen molar-refractivity contribution < 1.29 is 18.7 Å². The maximum atomic E-state index is 12.2. The van der Waals surface area contributed by atoms with E-state index < -0.39 is 23.8 Å². The minimum absolute atomic E-state index is 0.00620. The van der Waals surface area contributed by atoms with Gasteiger partial charge in [0.05, 0.1) is 3.57 Å². The fraction of sp³-hybridized carbons (Fsp3) is 0.143. The van der Waals surface area contributed by atoms with Crippen LogP contribution < -0.4 is 5.73 Å². The molecule has 1 aromatic rings. The minimum Gasteiger partial charge on any atom is -0.476 e. The van der Waals surface area contributed by atoms with Gasteiger partial charge >= 0.3 is 5.97 Å². The van der Waals surface area contributed by atoms with E-state index in [1.165, 1.54) is 0 Å². The Bertz CT molecular complexity index is 384. The molecule has 0 atom stereocenters. The first-order valence-corrected chi connectivity index (χ1v) is 4.48. The predicted octanol–water partition coefficient (Wildman–Crippen LogP) is 1.90. The molecule has 4 nitrogen and oxygen atoms in total. The van der Waals surface area contributed by atoms with Crippen molar-refractivity contribution in [3.05, 3.63) is 21.0 Å². The van der Waals surface area contributed by atoms with Crippen LogP contribution in [0.4, 0.5) is 14.5 Å². The Hall–Kier alpha value is -0.990. The van der Waals surface area contributed by atoms with Gasteiger partial charge in [0.1, 0.15) is 5.69 Å². The topological polar surface area (TPSA) is 76.2 Å². The number of aromatic nitrogens is 1. The zero-order chi connectivity index (χ0) is 10.9. The monoisotopic (exact) mass is 314 g/mol. The van der Waals surface area contributed by atoms with Gasteiger partial charge in [0.25, 0.3) is 6.43 Å². The maximum Gasteiger partial charge on any atom is 0.355 e. The van der Waals surface area contributed by atoms with E-state index in [1.54, 1.807) is 22.6 Å². The number of carbonyl (C=O) groups is 1. The van der Waals surface area contributed by atoms with E-state index in [-0.39, 0.29) is 9.26 Å². The van der Waals surface area contributed by atoms with Gasteiger partial charge in [-0.3, -0.25) is 0 Å². The van der Waals surface area contributed by atoms with Crippen LogP contribution in [0.3, 0.4) is 0 Å². The standard InChI is InChI=1S/C7H5F2IN2O2/c8-6(9)3-1-2(11)4(10)5(12-3)7(13)14/h1,6H,(H2,11,12)(H,13,14). The van der Waals surface area contributed by atoms with Crippen LogP contribution in [0.1, 0.15) is 22.6 Å². The fourth-order valence-electron chi connectivity index (χ4n) is 0.823. The Morgan fingerprint density at radius 3 is 2.64 bits per heavy atom. The number of pyridine rings is 1. The molecule has 1 heterocycles. The quantitative estimate of drug-likeness (QED) is 0.818. The molecular weight excluding hydrogens is 309 g/mol. The van der Waals surface area contributed by atoms with Crippen LogP contribution in [-0.2, 0) is 0 Å². The van der Waals surface area contributed by atoms with Gasteiger partial charge in [-0.25, -0.2) is 18.6 Å². The Morgan fingerprint density at radius 2 is 2.21 bits per heavy atom. The average molecular weight is 314 g/mol. The molecule has 0 aliphatic heterocycles. The second kappa shape index (κ2) is 4.03. The van der Waals surface area contributed by atoms with Gasteiger partial charge in [-0.2, -0.15) is 0 Å². The lowest BCUT2D eigenvalue weighted by Crippen LogP contribution is -2.09. The van der Waals surface area contributed by atoms with Crippen molar-refractivity contribution in [2.75, 3.05) is 5.73 Å². The van der Waals surface area contributed by atoms with Crippen LogP contribution in [0.25, 0.3) is 0 Å². The molecule has 0 fully saturated rings. The van der Waals surface area contributed by atoms with Crippen molar-refractivity contribution >= 4 is 34.2 Å². The van der Waals surface area contributed by atoms with Crippen molar-refractivity contribution in [3.8, 4) is 0 Å². The van der Waals surface area contributed by atoms with Gasteiger partial charge in [-0.05, 0) is 28.7 Å². The number of hydrogen-bond acceptors (Lipinski definition) is 3. The van der Waals surface area contributed by atoms with Crippen molar-refractivity contribution in [1.29, 1.82) is 0 Å². The van der Waals surface area contributed by atoms with Crippen LogP contribution in [0.5, 0.6) is 0 Å².